The van der Waals surface area contributed by atoms with Crippen molar-refractivity contribution in [1.29, 1.82) is 0 Å². The molecule has 88 valence electrons. The van der Waals surface area contributed by atoms with Crippen LogP contribution in [0.5, 0.6) is 11.5 Å². The highest BCUT2D eigenvalue weighted by Crippen LogP contribution is 2.30. The molecule has 0 N–H and O–H groups in total. The lowest BCUT2D eigenvalue weighted by Gasteiger charge is -2.11. The zero-order valence-electron chi connectivity index (χ0n) is 9.28. The SMILES string of the molecule is Cc1ccc(Br)cc1Oc1cnccc1CCl. The first-order valence-corrected chi connectivity index (χ1v) is 6.46. The number of pyridine rings is 1. The van der Waals surface area contributed by atoms with E-state index < -0.39 is 0 Å². The molecule has 0 bridgehead atoms. The van der Waals surface area contributed by atoms with E-state index in [-0.39, 0.29) is 0 Å². The zero-order valence-corrected chi connectivity index (χ0v) is 11.6. The van der Waals surface area contributed by atoms with Crippen LogP contribution < -0.4 is 4.74 Å². The number of ether oxygens (including phenoxy) is 1. The van der Waals surface area contributed by atoms with Crippen LogP contribution in [-0.4, -0.2) is 4.98 Å². The summed E-state index contributed by atoms with van der Waals surface area (Å²) < 4.78 is 6.82. The molecule has 1 aromatic carbocycles. The minimum atomic E-state index is 0.408. The third-order valence-corrected chi connectivity index (χ3v) is 3.17. The van der Waals surface area contributed by atoms with Crippen molar-refractivity contribution in [2.45, 2.75) is 12.8 Å². The fourth-order valence-electron chi connectivity index (χ4n) is 1.41. The topological polar surface area (TPSA) is 22.1 Å². The molecule has 0 radical (unpaired) electrons. The fourth-order valence-corrected chi connectivity index (χ4v) is 1.97. The summed E-state index contributed by atoms with van der Waals surface area (Å²) in [5.41, 5.74) is 2.00. The Balaban J connectivity index is 2.34. The summed E-state index contributed by atoms with van der Waals surface area (Å²) in [7, 11) is 0. The number of alkyl halides is 1. The predicted molar refractivity (Wildman–Crippen MR) is 72.7 cm³/mol. The molecule has 0 fully saturated rings. The molecule has 0 saturated carbocycles. The van der Waals surface area contributed by atoms with Gasteiger partial charge in [-0.3, -0.25) is 4.98 Å². The minimum Gasteiger partial charge on any atom is -0.455 e. The first kappa shape index (κ1) is 12.4. The Bertz CT molecular complexity index is 531. The lowest BCUT2D eigenvalue weighted by molar-refractivity contribution is 0.472. The highest BCUT2D eigenvalue weighted by molar-refractivity contribution is 9.10. The van der Waals surface area contributed by atoms with E-state index in [1.165, 1.54) is 0 Å². The Morgan fingerprint density at radius 3 is 2.88 bits per heavy atom. The molecule has 1 aromatic heterocycles. The van der Waals surface area contributed by atoms with Crippen molar-refractivity contribution in [2.24, 2.45) is 0 Å². The van der Waals surface area contributed by atoms with Crippen molar-refractivity contribution >= 4 is 27.5 Å². The van der Waals surface area contributed by atoms with Crippen molar-refractivity contribution in [3.8, 4) is 11.5 Å². The van der Waals surface area contributed by atoms with Gasteiger partial charge in [-0.2, -0.15) is 0 Å². The summed E-state index contributed by atoms with van der Waals surface area (Å²) in [6.45, 7) is 2.00. The van der Waals surface area contributed by atoms with Gasteiger partial charge in [-0.05, 0) is 30.7 Å². The number of hydrogen-bond acceptors (Lipinski definition) is 2. The van der Waals surface area contributed by atoms with Gasteiger partial charge in [0.25, 0.3) is 0 Å². The van der Waals surface area contributed by atoms with Gasteiger partial charge in [-0.25, -0.2) is 0 Å². The second-order valence-corrected chi connectivity index (χ2v) is 4.81. The Labute approximate surface area is 114 Å². The standard InChI is InChI=1S/C13H11BrClNO/c1-9-2-3-11(14)6-12(9)17-13-8-16-5-4-10(13)7-15/h2-6,8H,7H2,1H3. The van der Waals surface area contributed by atoms with Gasteiger partial charge < -0.3 is 4.74 Å². The van der Waals surface area contributed by atoms with E-state index in [4.69, 9.17) is 16.3 Å². The highest BCUT2D eigenvalue weighted by Gasteiger charge is 2.06. The van der Waals surface area contributed by atoms with Gasteiger partial charge in [0.1, 0.15) is 11.5 Å². The molecule has 0 aliphatic rings. The lowest BCUT2D eigenvalue weighted by atomic mass is 10.2. The van der Waals surface area contributed by atoms with Crippen LogP contribution in [-0.2, 0) is 5.88 Å². The van der Waals surface area contributed by atoms with Gasteiger partial charge in [0.05, 0.1) is 12.1 Å². The fraction of sp³-hybridized carbons (Fsp3) is 0.154. The maximum Gasteiger partial charge on any atom is 0.150 e. The van der Waals surface area contributed by atoms with E-state index in [9.17, 15) is 0 Å². The van der Waals surface area contributed by atoms with Crippen LogP contribution in [0.25, 0.3) is 0 Å². The van der Waals surface area contributed by atoms with Crippen molar-refractivity contribution < 1.29 is 4.74 Å². The Hall–Kier alpha value is -1.06. The number of nitrogens with zero attached hydrogens (tertiary/aromatic N) is 1. The molecule has 1 heterocycles. The zero-order chi connectivity index (χ0) is 12.3. The Kier molecular flexibility index (Phi) is 4.02. The summed E-state index contributed by atoms with van der Waals surface area (Å²) in [6, 6.07) is 7.76. The molecule has 0 unspecified atom stereocenters. The van der Waals surface area contributed by atoms with E-state index >= 15 is 0 Å². The van der Waals surface area contributed by atoms with E-state index in [0.717, 1.165) is 21.3 Å². The first-order valence-electron chi connectivity index (χ1n) is 5.13. The third kappa shape index (κ3) is 2.99. The molecular formula is C13H11BrClNO. The molecule has 2 nitrogen and oxygen atoms in total. The van der Waals surface area contributed by atoms with E-state index in [2.05, 4.69) is 20.9 Å². The molecule has 2 aromatic rings. The molecule has 0 saturated heterocycles. The van der Waals surface area contributed by atoms with Crippen molar-refractivity contribution in [1.82, 2.24) is 4.98 Å². The average Bonchev–Trinajstić information content (AvgIpc) is 2.34. The number of halogens is 2. The number of aromatic nitrogens is 1. The first-order chi connectivity index (χ1) is 8.20. The maximum absolute atomic E-state index is 5.85. The normalized spacial score (nSPS) is 10.3. The quantitative estimate of drug-likeness (QED) is 0.767. The maximum atomic E-state index is 5.85. The largest absolute Gasteiger partial charge is 0.455 e. The van der Waals surface area contributed by atoms with Crippen molar-refractivity contribution in [2.75, 3.05) is 0 Å². The Morgan fingerprint density at radius 2 is 2.12 bits per heavy atom. The number of hydrogen-bond donors (Lipinski definition) is 0. The smallest absolute Gasteiger partial charge is 0.150 e. The number of aryl methyl sites for hydroxylation is 1. The monoisotopic (exact) mass is 311 g/mol. The van der Waals surface area contributed by atoms with Crippen LogP contribution in [0, 0.1) is 6.92 Å². The lowest BCUT2D eigenvalue weighted by Crippen LogP contribution is -1.92. The summed E-state index contributed by atoms with van der Waals surface area (Å²) in [5, 5.41) is 0. The van der Waals surface area contributed by atoms with E-state index in [1.54, 1.807) is 12.4 Å². The minimum absolute atomic E-state index is 0.408. The van der Waals surface area contributed by atoms with Crippen molar-refractivity contribution in [3.05, 3.63) is 52.3 Å². The Morgan fingerprint density at radius 1 is 1.29 bits per heavy atom. The summed E-state index contributed by atoms with van der Waals surface area (Å²) in [5.74, 6) is 1.91. The molecule has 0 amide bonds. The van der Waals surface area contributed by atoms with Gasteiger partial charge in [-0.1, -0.05) is 22.0 Å². The summed E-state index contributed by atoms with van der Waals surface area (Å²) >= 11 is 9.28. The highest BCUT2D eigenvalue weighted by atomic mass is 79.9. The molecule has 0 aliphatic heterocycles. The predicted octanol–water partition coefficient (Wildman–Crippen LogP) is 4.68. The molecule has 17 heavy (non-hydrogen) atoms. The molecule has 2 rings (SSSR count). The van der Waals surface area contributed by atoms with Crippen LogP contribution >= 0.6 is 27.5 Å². The second-order valence-electron chi connectivity index (χ2n) is 3.63. The van der Waals surface area contributed by atoms with Gasteiger partial charge in [0.2, 0.25) is 0 Å². The third-order valence-electron chi connectivity index (χ3n) is 2.38. The molecule has 0 atom stereocenters. The van der Waals surface area contributed by atoms with Gasteiger partial charge in [-0.15, -0.1) is 11.6 Å². The van der Waals surface area contributed by atoms with Crippen molar-refractivity contribution in [3.63, 3.8) is 0 Å². The van der Waals surface area contributed by atoms with Crippen LogP contribution in [0.3, 0.4) is 0 Å². The van der Waals surface area contributed by atoms with Crippen LogP contribution in [0.2, 0.25) is 0 Å². The average molecular weight is 313 g/mol. The van der Waals surface area contributed by atoms with Crippen LogP contribution in [0.15, 0.2) is 41.1 Å². The van der Waals surface area contributed by atoms with Crippen LogP contribution in [0.1, 0.15) is 11.1 Å². The van der Waals surface area contributed by atoms with Gasteiger partial charge in [0.15, 0.2) is 0 Å². The summed E-state index contributed by atoms with van der Waals surface area (Å²) in [4.78, 5) is 4.05. The molecule has 4 heteroatoms. The molecular weight excluding hydrogens is 302 g/mol. The van der Waals surface area contributed by atoms with E-state index in [1.807, 2.05) is 31.2 Å². The number of rotatable bonds is 3. The molecule has 0 spiro atoms. The van der Waals surface area contributed by atoms with E-state index in [0.29, 0.717) is 11.6 Å². The summed E-state index contributed by atoms with van der Waals surface area (Å²) in [6.07, 6.45) is 3.39. The molecule has 0 aliphatic carbocycles. The van der Waals surface area contributed by atoms with Gasteiger partial charge >= 0.3 is 0 Å². The van der Waals surface area contributed by atoms with Crippen LogP contribution in [0.4, 0.5) is 0 Å². The van der Waals surface area contributed by atoms with Gasteiger partial charge in [0, 0.05) is 16.2 Å². The second kappa shape index (κ2) is 5.52. The number of benzene rings is 1.